The Labute approximate surface area is 158 Å². The summed E-state index contributed by atoms with van der Waals surface area (Å²) < 4.78 is 18.1. The Morgan fingerprint density at radius 1 is 1.22 bits per heavy atom. The van der Waals surface area contributed by atoms with E-state index in [9.17, 15) is 14.0 Å². The van der Waals surface area contributed by atoms with Crippen LogP contribution >= 0.6 is 11.3 Å². The van der Waals surface area contributed by atoms with E-state index in [0.29, 0.717) is 16.3 Å². The van der Waals surface area contributed by atoms with Crippen LogP contribution in [0, 0.1) is 12.7 Å². The van der Waals surface area contributed by atoms with Crippen LogP contribution in [0.5, 0.6) is 0 Å². The first kappa shape index (κ1) is 18.7. The molecule has 0 saturated carbocycles. The summed E-state index contributed by atoms with van der Waals surface area (Å²) in [4.78, 5) is 29.8. The molecule has 0 radical (unpaired) electrons. The summed E-state index contributed by atoms with van der Waals surface area (Å²) in [7, 11) is 0. The van der Waals surface area contributed by atoms with E-state index in [-0.39, 0.29) is 30.1 Å². The zero-order valence-corrected chi connectivity index (χ0v) is 15.5. The van der Waals surface area contributed by atoms with E-state index < -0.39 is 6.04 Å². The lowest BCUT2D eigenvalue weighted by Crippen LogP contribution is -2.37. The minimum absolute atomic E-state index is 0.168. The van der Waals surface area contributed by atoms with E-state index >= 15 is 0 Å². The molecule has 1 atom stereocenters. The van der Waals surface area contributed by atoms with Crippen LogP contribution in [0.2, 0.25) is 0 Å². The lowest BCUT2D eigenvalue weighted by atomic mass is 10.2. The van der Waals surface area contributed by atoms with E-state index in [1.54, 1.807) is 13.0 Å². The van der Waals surface area contributed by atoms with E-state index in [0.717, 1.165) is 4.88 Å². The summed E-state index contributed by atoms with van der Waals surface area (Å²) in [5.41, 5.74) is 0.600. The van der Waals surface area contributed by atoms with Crippen molar-refractivity contribution in [2.75, 3.05) is 6.54 Å². The average Bonchev–Trinajstić information content (AvgIpc) is 3.30. The van der Waals surface area contributed by atoms with Gasteiger partial charge in [0.2, 0.25) is 17.6 Å². The lowest BCUT2D eigenvalue weighted by molar-refractivity contribution is -0.120. The van der Waals surface area contributed by atoms with Gasteiger partial charge in [-0.3, -0.25) is 9.59 Å². The molecule has 27 heavy (non-hydrogen) atoms. The Bertz CT molecular complexity index is 952. The number of benzene rings is 1. The van der Waals surface area contributed by atoms with Crippen molar-refractivity contribution in [3.05, 3.63) is 57.9 Å². The molecule has 0 aliphatic heterocycles. The van der Waals surface area contributed by atoms with Crippen molar-refractivity contribution < 1.29 is 18.5 Å². The second-order valence-corrected chi connectivity index (χ2v) is 7.13. The summed E-state index contributed by atoms with van der Waals surface area (Å²) in [5, 5.41) is 9.07. The monoisotopic (exact) mass is 388 g/mol. The van der Waals surface area contributed by atoms with Gasteiger partial charge in [-0.1, -0.05) is 5.16 Å². The maximum absolute atomic E-state index is 13.0. The molecule has 7 nitrogen and oxygen atoms in total. The molecule has 0 fully saturated rings. The van der Waals surface area contributed by atoms with Crippen LogP contribution in [0.25, 0.3) is 11.4 Å². The molecular formula is C18H17FN4O3S. The van der Waals surface area contributed by atoms with Crippen LogP contribution in [-0.4, -0.2) is 28.5 Å². The number of thiophene rings is 1. The third-order valence-corrected chi connectivity index (χ3v) is 4.67. The Balaban J connectivity index is 1.54. The minimum atomic E-state index is -0.542. The SMILES string of the molecule is Cc1ccc(C(=O)NCC(=O)NC(C)c2nc(-c3ccc(F)cc3)no2)s1. The predicted octanol–water partition coefficient (Wildman–Crippen LogP) is 2.85. The number of nitrogens with one attached hydrogen (secondary N) is 2. The molecule has 0 bridgehead atoms. The number of rotatable bonds is 6. The van der Waals surface area contributed by atoms with Gasteiger partial charge in [-0.2, -0.15) is 4.98 Å². The Hall–Kier alpha value is -3.07. The van der Waals surface area contributed by atoms with Gasteiger partial charge in [0, 0.05) is 10.4 Å². The molecule has 2 heterocycles. The maximum Gasteiger partial charge on any atom is 0.261 e. The molecule has 0 spiro atoms. The molecule has 3 rings (SSSR count). The third-order valence-electron chi connectivity index (χ3n) is 3.67. The standard InChI is InChI=1S/C18H17FN4O3S/c1-10-3-8-14(27-10)17(25)20-9-15(24)21-11(2)18-22-16(23-26-18)12-4-6-13(19)7-5-12/h3-8,11H,9H2,1-2H3,(H,20,25)(H,21,24). The Morgan fingerprint density at radius 3 is 2.63 bits per heavy atom. The van der Waals surface area contributed by atoms with Crippen LogP contribution in [0.3, 0.4) is 0 Å². The van der Waals surface area contributed by atoms with E-state index in [4.69, 9.17) is 4.52 Å². The van der Waals surface area contributed by atoms with Gasteiger partial charge < -0.3 is 15.2 Å². The zero-order valence-electron chi connectivity index (χ0n) is 14.7. The summed E-state index contributed by atoms with van der Waals surface area (Å²) in [6.07, 6.45) is 0. The number of amides is 2. The van der Waals surface area contributed by atoms with Crippen molar-refractivity contribution in [2.24, 2.45) is 0 Å². The van der Waals surface area contributed by atoms with Gasteiger partial charge in [-0.15, -0.1) is 11.3 Å². The predicted molar refractivity (Wildman–Crippen MR) is 97.6 cm³/mol. The van der Waals surface area contributed by atoms with Gasteiger partial charge >= 0.3 is 0 Å². The third kappa shape index (κ3) is 4.76. The first-order valence-corrected chi connectivity index (χ1v) is 8.97. The average molecular weight is 388 g/mol. The highest BCUT2D eigenvalue weighted by Gasteiger charge is 2.18. The summed E-state index contributed by atoms with van der Waals surface area (Å²) >= 11 is 1.36. The topological polar surface area (TPSA) is 97.1 Å². The molecule has 2 N–H and O–H groups in total. The fourth-order valence-electron chi connectivity index (χ4n) is 2.29. The number of hydrogen-bond donors (Lipinski definition) is 2. The van der Waals surface area contributed by atoms with Crippen LogP contribution in [0.15, 0.2) is 40.9 Å². The van der Waals surface area contributed by atoms with Crippen molar-refractivity contribution in [1.29, 1.82) is 0 Å². The molecule has 0 saturated heterocycles. The highest BCUT2D eigenvalue weighted by molar-refractivity contribution is 7.13. The minimum Gasteiger partial charge on any atom is -0.343 e. The first-order valence-electron chi connectivity index (χ1n) is 8.16. The highest BCUT2D eigenvalue weighted by Crippen LogP contribution is 2.19. The molecule has 140 valence electrons. The number of aromatic nitrogens is 2. The van der Waals surface area contributed by atoms with Crippen molar-refractivity contribution >= 4 is 23.2 Å². The van der Waals surface area contributed by atoms with Crippen LogP contribution in [0.4, 0.5) is 4.39 Å². The smallest absolute Gasteiger partial charge is 0.261 e. The summed E-state index contributed by atoms with van der Waals surface area (Å²) in [5.74, 6) is -0.531. The van der Waals surface area contributed by atoms with E-state index in [1.807, 2.05) is 13.0 Å². The lowest BCUT2D eigenvalue weighted by Gasteiger charge is -2.10. The van der Waals surface area contributed by atoms with Gasteiger partial charge in [0.05, 0.1) is 11.4 Å². The molecule has 0 aliphatic carbocycles. The summed E-state index contributed by atoms with van der Waals surface area (Å²) in [6, 6.07) is 8.69. The molecule has 9 heteroatoms. The molecule has 2 amide bonds. The number of carbonyl (C=O) groups excluding carboxylic acids is 2. The van der Waals surface area contributed by atoms with Gasteiger partial charge in [0.25, 0.3) is 5.91 Å². The van der Waals surface area contributed by atoms with Crippen molar-refractivity contribution in [3.63, 3.8) is 0 Å². The number of aryl methyl sites for hydroxylation is 1. The Morgan fingerprint density at radius 2 is 1.96 bits per heavy atom. The number of hydrogen-bond acceptors (Lipinski definition) is 6. The molecule has 1 aromatic carbocycles. The second-order valence-electron chi connectivity index (χ2n) is 5.85. The molecule has 2 aromatic heterocycles. The van der Waals surface area contributed by atoms with Crippen molar-refractivity contribution in [1.82, 2.24) is 20.8 Å². The Kier molecular flexibility index (Phi) is 5.60. The largest absolute Gasteiger partial charge is 0.343 e. The molecule has 0 aliphatic rings. The molecular weight excluding hydrogens is 371 g/mol. The van der Waals surface area contributed by atoms with Crippen LogP contribution < -0.4 is 10.6 Å². The zero-order chi connectivity index (χ0) is 19.4. The normalized spacial score (nSPS) is 11.8. The van der Waals surface area contributed by atoms with Crippen molar-refractivity contribution in [2.45, 2.75) is 19.9 Å². The van der Waals surface area contributed by atoms with Crippen LogP contribution in [0.1, 0.15) is 33.4 Å². The fourth-order valence-corrected chi connectivity index (χ4v) is 3.07. The molecule has 1 unspecified atom stereocenters. The quantitative estimate of drug-likeness (QED) is 0.677. The highest BCUT2D eigenvalue weighted by atomic mass is 32.1. The van der Waals surface area contributed by atoms with Gasteiger partial charge in [0.1, 0.15) is 11.9 Å². The fraction of sp³-hybridized carbons (Fsp3) is 0.222. The molecule has 3 aromatic rings. The number of nitrogens with zero attached hydrogens (tertiary/aromatic N) is 2. The first-order chi connectivity index (χ1) is 12.9. The van der Waals surface area contributed by atoms with E-state index in [1.165, 1.54) is 35.6 Å². The van der Waals surface area contributed by atoms with Gasteiger partial charge in [0.15, 0.2) is 0 Å². The summed E-state index contributed by atoms with van der Waals surface area (Å²) in [6.45, 7) is 3.42. The maximum atomic E-state index is 13.0. The number of carbonyl (C=O) groups is 2. The second kappa shape index (κ2) is 8.09. The van der Waals surface area contributed by atoms with Gasteiger partial charge in [-0.25, -0.2) is 4.39 Å². The van der Waals surface area contributed by atoms with E-state index in [2.05, 4.69) is 20.8 Å². The number of halogens is 1. The van der Waals surface area contributed by atoms with Crippen LogP contribution in [-0.2, 0) is 4.79 Å². The van der Waals surface area contributed by atoms with Crippen molar-refractivity contribution in [3.8, 4) is 11.4 Å². The van der Waals surface area contributed by atoms with Gasteiger partial charge in [-0.05, 0) is 50.2 Å².